The average molecular weight is 210 g/mol. The Morgan fingerprint density at radius 1 is 1.43 bits per heavy atom. The predicted octanol–water partition coefficient (Wildman–Crippen LogP) is 1.61. The molecule has 1 rings (SSSR count). The summed E-state index contributed by atoms with van der Waals surface area (Å²) in [6.07, 6.45) is -3.85. The normalized spacial score (nSPS) is 29.8. The van der Waals surface area contributed by atoms with Crippen LogP contribution in [0.5, 0.6) is 0 Å². The van der Waals surface area contributed by atoms with E-state index in [9.17, 15) is 13.2 Å². The topological polar surface area (TPSA) is 29.3 Å². The highest BCUT2D eigenvalue weighted by atomic mass is 19.4. The third kappa shape index (κ3) is 3.46. The molecule has 1 aliphatic heterocycles. The minimum atomic E-state index is -4.04. The molecular formula is C9H17F3N2. The molecule has 0 saturated carbocycles. The highest BCUT2D eigenvalue weighted by molar-refractivity contribution is 4.87. The van der Waals surface area contributed by atoms with Crippen molar-refractivity contribution < 1.29 is 13.2 Å². The Kier molecular flexibility index (Phi) is 3.42. The third-order valence-corrected chi connectivity index (χ3v) is 2.84. The van der Waals surface area contributed by atoms with Gasteiger partial charge in [0.1, 0.15) is 0 Å². The Morgan fingerprint density at radius 3 is 2.50 bits per heavy atom. The van der Waals surface area contributed by atoms with Crippen LogP contribution in [0.3, 0.4) is 0 Å². The summed E-state index contributed by atoms with van der Waals surface area (Å²) in [5.41, 5.74) is 5.58. The Balaban J connectivity index is 2.30. The second-order valence-electron chi connectivity index (χ2n) is 4.41. The van der Waals surface area contributed by atoms with Crippen LogP contribution in [0.15, 0.2) is 0 Å². The molecule has 0 aliphatic carbocycles. The summed E-state index contributed by atoms with van der Waals surface area (Å²) in [6.45, 7) is 4.12. The van der Waals surface area contributed by atoms with E-state index in [0.29, 0.717) is 13.1 Å². The van der Waals surface area contributed by atoms with E-state index in [1.54, 1.807) is 0 Å². The first-order valence-corrected chi connectivity index (χ1v) is 4.84. The van der Waals surface area contributed by atoms with E-state index in [4.69, 9.17) is 5.73 Å². The predicted molar refractivity (Wildman–Crippen MR) is 48.9 cm³/mol. The lowest BCUT2D eigenvalue weighted by molar-refractivity contribution is -0.137. The van der Waals surface area contributed by atoms with Crippen molar-refractivity contribution in [3.05, 3.63) is 0 Å². The molecule has 2 N–H and O–H groups in total. The van der Waals surface area contributed by atoms with Crippen molar-refractivity contribution in [2.75, 3.05) is 26.2 Å². The summed E-state index contributed by atoms with van der Waals surface area (Å²) in [5.74, 6) is 0. The van der Waals surface area contributed by atoms with Crippen molar-refractivity contribution in [2.24, 2.45) is 11.1 Å². The molecule has 1 aliphatic rings. The van der Waals surface area contributed by atoms with Gasteiger partial charge in [-0.25, -0.2) is 0 Å². The molecule has 0 bridgehead atoms. The van der Waals surface area contributed by atoms with Gasteiger partial charge in [-0.05, 0) is 24.9 Å². The molecule has 1 heterocycles. The number of rotatable bonds is 3. The first-order chi connectivity index (χ1) is 6.35. The van der Waals surface area contributed by atoms with E-state index < -0.39 is 12.6 Å². The first-order valence-electron chi connectivity index (χ1n) is 4.84. The Bertz CT molecular complexity index is 193. The van der Waals surface area contributed by atoms with E-state index >= 15 is 0 Å². The van der Waals surface area contributed by atoms with E-state index in [1.807, 2.05) is 11.8 Å². The van der Waals surface area contributed by atoms with Gasteiger partial charge in [0.15, 0.2) is 0 Å². The fraction of sp³-hybridized carbons (Fsp3) is 1.00. The van der Waals surface area contributed by atoms with Crippen LogP contribution in [0.4, 0.5) is 13.2 Å². The lowest BCUT2D eigenvalue weighted by Gasteiger charge is -2.22. The molecule has 0 radical (unpaired) electrons. The lowest BCUT2D eigenvalue weighted by atomic mass is 9.90. The van der Waals surface area contributed by atoms with Gasteiger partial charge in [0.25, 0.3) is 0 Å². The molecule has 5 heteroatoms. The number of halogens is 3. The molecule has 1 fully saturated rings. The summed E-state index contributed by atoms with van der Waals surface area (Å²) >= 11 is 0. The van der Waals surface area contributed by atoms with Gasteiger partial charge < -0.3 is 10.6 Å². The maximum Gasteiger partial charge on any atom is 0.390 e. The molecule has 1 atom stereocenters. The fourth-order valence-corrected chi connectivity index (χ4v) is 1.77. The van der Waals surface area contributed by atoms with Crippen LogP contribution in [0.1, 0.15) is 19.8 Å². The molecule has 0 amide bonds. The zero-order chi connectivity index (χ0) is 10.8. The summed E-state index contributed by atoms with van der Waals surface area (Å²) < 4.78 is 35.8. The minimum Gasteiger partial charge on any atom is -0.330 e. The quantitative estimate of drug-likeness (QED) is 0.766. The summed E-state index contributed by atoms with van der Waals surface area (Å²) in [6, 6.07) is 0. The van der Waals surface area contributed by atoms with E-state index in [0.717, 1.165) is 13.0 Å². The van der Waals surface area contributed by atoms with Crippen LogP contribution in [-0.4, -0.2) is 37.3 Å². The Morgan fingerprint density at radius 2 is 2.07 bits per heavy atom. The number of alkyl halides is 3. The number of likely N-dealkylation sites (tertiary alicyclic amines) is 1. The standard InChI is InChI=1S/C9H17F3N2/c1-8(6-13)2-4-14(7-8)5-3-9(10,11)12/h2-7,13H2,1H3. The second-order valence-corrected chi connectivity index (χ2v) is 4.41. The molecule has 1 saturated heterocycles. The van der Waals surface area contributed by atoms with E-state index in [-0.39, 0.29) is 12.0 Å². The molecular weight excluding hydrogens is 193 g/mol. The number of nitrogens with zero attached hydrogens (tertiary/aromatic N) is 1. The van der Waals surface area contributed by atoms with Gasteiger partial charge in [-0.3, -0.25) is 0 Å². The number of nitrogens with two attached hydrogens (primary N) is 1. The van der Waals surface area contributed by atoms with Gasteiger partial charge in [-0.2, -0.15) is 13.2 Å². The van der Waals surface area contributed by atoms with Crippen LogP contribution in [0.2, 0.25) is 0 Å². The van der Waals surface area contributed by atoms with Crippen molar-refractivity contribution >= 4 is 0 Å². The van der Waals surface area contributed by atoms with Crippen LogP contribution >= 0.6 is 0 Å². The third-order valence-electron chi connectivity index (χ3n) is 2.84. The number of hydrogen-bond donors (Lipinski definition) is 1. The molecule has 1 unspecified atom stereocenters. The van der Waals surface area contributed by atoms with Crippen LogP contribution in [-0.2, 0) is 0 Å². The zero-order valence-electron chi connectivity index (χ0n) is 8.40. The van der Waals surface area contributed by atoms with Crippen LogP contribution < -0.4 is 5.73 Å². The van der Waals surface area contributed by atoms with Crippen LogP contribution in [0.25, 0.3) is 0 Å². The first kappa shape index (κ1) is 11.8. The van der Waals surface area contributed by atoms with Crippen molar-refractivity contribution in [3.8, 4) is 0 Å². The zero-order valence-corrected chi connectivity index (χ0v) is 8.40. The maximum atomic E-state index is 11.9. The molecule has 0 aromatic heterocycles. The lowest BCUT2D eigenvalue weighted by Crippen LogP contribution is -2.32. The Hall–Kier alpha value is -0.290. The van der Waals surface area contributed by atoms with E-state index in [1.165, 1.54) is 0 Å². The van der Waals surface area contributed by atoms with Crippen molar-refractivity contribution in [1.82, 2.24) is 4.90 Å². The van der Waals surface area contributed by atoms with Gasteiger partial charge in [-0.15, -0.1) is 0 Å². The van der Waals surface area contributed by atoms with Crippen molar-refractivity contribution in [1.29, 1.82) is 0 Å². The average Bonchev–Trinajstić information content (AvgIpc) is 2.44. The smallest absolute Gasteiger partial charge is 0.330 e. The van der Waals surface area contributed by atoms with Crippen molar-refractivity contribution in [2.45, 2.75) is 25.9 Å². The summed E-state index contributed by atoms with van der Waals surface area (Å²) in [5, 5.41) is 0. The summed E-state index contributed by atoms with van der Waals surface area (Å²) in [7, 11) is 0. The highest BCUT2D eigenvalue weighted by Crippen LogP contribution is 2.29. The molecule has 0 spiro atoms. The second kappa shape index (κ2) is 4.06. The van der Waals surface area contributed by atoms with Crippen LogP contribution in [0, 0.1) is 5.41 Å². The molecule has 0 aromatic carbocycles. The Labute approximate surface area is 82.2 Å². The highest BCUT2D eigenvalue weighted by Gasteiger charge is 2.34. The summed E-state index contributed by atoms with van der Waals surface area (Å²) in [4.78, 5) is 1.85. The largest absolute Gasteiger partial charge is 0.390 e. The molecule has 0 aromatic rings. The molecule has 84 valence electrons. The van der Waals surface area contributed by atoms with Gasteiger partial charge in [0.05, 0.1) is 6.42 Å². The molecule has 14 heavy (non-hydrogen) atoms. The maximum absolute atomic E-state index is 11.9. The monoisotopic (exact) mass is 210 g/mol. The SMILES string of the molecule is CC1(CN)CCN(CCC(F)(F)F)C1. The minimum absolute atomic E-state index is 0.0194. The molecule has 2 nitrogen and oxygen atoms in total. The van der Waals surface area contributed by atoms with Crippen molar-refractivity contribution in [3.63, 3.8) is 0 Å². The fourth-order valence-electron chi connectivity index (χ4n) is 1.77. The van der Waals surface area contributed by atoms with Gasteiger partial charge >= 0.3 is 6.18 Å². The van der Waals surface area contributed by atoms with Gasteiger partial charge in [0.2, 0.25) is 0 Å². The van der Waals surface area contributed by atoms with E-state index in [2.05, 4.69) is 0 Å². The van der Waals surface area contributed by atoms with Gasteiger partial charge in [0, 0.05) is 13.1 Å². The van der Waals surface area contributed by atoms with Gasteiger partial charge in [-0.1, -0.05) is 6.92 Å². The number of hydrogen-bond acceptors (Lipinski definition) is 2.